The molecule has 1 N–H and O–H groups in total. The van der Waals surface area contributed by atoms with Crippen molar-refractivity contribution < 1.29 is 13.6 Å². The third-order valence-corrected chi connectivity index (χ3v) is 5.02. The van der Waals surface area contributed by atoms with Crippen molar-refractivity contribution in [2.75, 3.05) is 31.1 Å². The number of nitrogens with one attached hydrogen (secondary N) is 1. The van der Waals surface area contributed by atoms with E-state index in [4.69, 9.17) is 0 Å². The fourth-order valence-electron chi connectivity index (χ4n) is 3.56. The quantitative estimate of drug-likeness (QED) is 0.919. The van der Waals surface area contributed by atoms with E-state index in [1.54, 1.807) is 4.90 Å². The van der Waals surface area contributed by atoms with Gasteiger partial charge in [-0.3, -0.25) is 4.79 Å². The number of amides is 1. The summed E-state index contributed by atoms with van der Waals surface area (Å²) in [7, 11) is 0. The molecule has 2 saturated heterocycles. The fraction of sp³-hybridized carbons (Fsp3) is 0.529. The number of imidazole rings is 1. The van der Waals surface area contributed by atoms with Gasteiger partial charge in [-0.2, -0.15) is 0 Å². The zero-order valence-electron chi connectivity index (χ0n) is 13.3. The van der Waals surface area contributed by atoms with Gasteiger partial charge < -0.3 is 14.8 Å². The largest absolute Gasteiger partial charge is 0.342 e. The number of H-pyrrole nitrogens is 1. The maximum absolute atomic E-state index is 13.2. The SMILES string of the molecule is O=C(C1CCN(c2nc3ccccc3[nH]2)C1)N1CCC(F)(F)CC1. The number of rotatable bonds is 2. The van der Waals surface area contributed by atoms with E-state index < -0.39 is 5.92 Å². The molecule has 0 radical (unpaired) electrons. The first kappa shape index (κ1) is 15.4. The molecule has 1 unspecified atom stereocenters. The number of carbonyl (C=O) groups excluding carboxylic acids is 1. The van der Waals surface area contributed by atoms with E-state index in [9.17, 15) is 13.6 Å². The number of benzene rings is 1. The molecule has 4 rings (SSSR count). The highest BCUT2D eigenvalue weighted by atomic mass is 19.3. The molecule has 0 bridgehead atoms. The number of aromatic nitrogens is 2. The molecule has 128 valence electrons. The Kier molecular flexibility index (Phi) is 3.66. The van der Waals surface area contributed by atoms with Crippen LogP contribution < -0.4 is 4.90 Å². The van der Waals surface area contributed by atoms with Gasteiger partial charge in [0.25, 0.3) is 5.92 Å². The first-order chi connectivity index (χ1) is 11.5. The topological polar surface area (TPSA) is 52.2 Å². The summed E-state index contributed by atoms with van der Waals surface area (Å²) in [6.07, 6.45) is 0.292. The number of likely N-dealkylation sites (tertiary alicyclic amines) is 1. The second-order valence-electron chi connectivity index (χ2n) is 6.69. The number of aromatic amines is 1. The van der Waals surface area contributed by atoms with Gasteiger partial charge in [0.15, 0.2) is 0 Å². The zero-order chi connectivity index (χ0) is 16.7. The Morgan fingerprint density at radius 2 is 1.96 bits per heavy atom. The highest BCUT2D eigenvalue weighted by molar-refractivity contribution is 5.81. The van der Waals surface area contributed by atoms with Crippen molar-refractivity contribution in [3.63, 3.8) is 0 Å². The molecular weight excluding hydrogens is 314 g/mol. The second-order valence-corrected chi connectivity index (χ2v) is 6.69. The Balaban J connectivity index is 1.41. The third kappa shape index (κ3) is 2.83. The van der Waals surface area contributed by atoms with Crippen molar-refractivity contribution in [2.45, 2.75) is 25.2 Å². The average Bonchev–Trinajstić information content (AvgIpc) is 3.21. The van der Waals surface area contributed by atoms with Crippen LogP contribution in [0, 0.1) is 5.92 Å². The van der Waals surface area contributed by atoms with Crippen molar-refractivity contribution in [3.05, 3.63) is 24.3 Å². The Hall–Kier alpha value is -2.18. The van der Waals surface area contributed by atoms with E-state index in [1.165, 1.54) is 0 Å². The number of carbonyl (C=O) groups is 1. The smallest absolute Gasteiger partial charge is 0.251 e. The molecule has 0 spiro atoms. The van der Waals surface area contributed by atoms with E-state index in [0.717, 1.165) is 29.9 Å². The van der Waals surface area contributed by atoms with Gasteiger partial charge in [-0.25, -0.2) is 13.8 Å². The number of alkyl halides is 2. The van der Waals surface area contributed by atoms with Crippen LogP contribution in [0.15, 0.2) is 24.3 Å². The summed E-state index contributed by atoms with van der Waals surface area (Å²) in [5.74, 6) is -1.97. The number of nitrogens with zero attached hydrogens (tertiary/aromatic N) is 3. The molecule has 0 saturated carbocycles. The highest BCUT2D eigenvalue weighted by Crippen LogP contribution is 2.30. The van der Waals surface area contributed by atoms with Gasteiger partial charge in [0.05, 0.1) is 17.0 Å². The molecule has 24 heavy (non-hydrogen) atoms. The summed E-state index contributed by atoms with van der Waals surface area (Å²) in [6.45, 7) is 1.66. The predicted molar refractivity (Wildman–Crippen MR) is 87.2 cm³/mol. The third-order valence-electron chi connectivity index (χ3n) is 5.02. The minimum absolute atomic E-state index is 0.00381. The molecule has 3 heterocycles. The first-order valence-electron chi connectivity index (χ1n) is 8.38. The molecule has 1 atom stereocenters. The van der Waals surface area contributed by atoms with Crippen molar-refractivity contribution in [3.8, 4) is 0 Å². The Bertz CT molecular complexity index is 717. The second kappa shape index (κ2) is 5.72. The lowest BCUT2D eigenvalue weighted by Gasteiger charge is -2.33. The molecule has 2 aliphatic heterocycles. The summed E-state index contributed by atoms with van der Waals surface area (Å²) in [5, 5.41) is 0. The van der Waals surface area contributed by atoms with Crippen molar-refractivity contribution >= 4 is 22.9 Å². The molecule has 0 aliphatic carbocycles. The molecule has 2 fully saturated rings. The Morgan fingerprint density at radius 3 is 2.71 bits per heavy atom. The minimum Gasteiger partial charge on any atom is -0.342 e. The van der Waals surface area contributed by atoms with Crippen molar-refractivity contribution in [1.82, 2.24) is 14.9 Å². The van der Waals surface area contributed by atoms with Crippen LogP contribution >= 0.6 is 0 Å². The van der Waals surface area contributed by atoms with Crippen LogP contribution in [0.5, 0.6) is 0 Å². The Labute approximate surface area is 138 Å². The van der Waals surface area contributed by atoms with Gasteiger partial charge in [-0.1, -0.05) is 12.1 Å². The molecule has 1 amide bonds. The van der Waals surface area contributed by atoms with Crippen LogP contribution in [-0.4, -0.2) is 52.9 Å². The van der Waals surface area contributed by atoms with Crippen LogP contribution in [0.4, 0.5) is 14.7 Å². The average molecular weight is 334 g/mol. The maximum Gasteiger partial charge on any atom is 0.251 e. The van der Waals surface area contributed by atoms with Crippen LogP contribution in [0.25, 0.3) is 11.0 Å². The van der Waals surface area contributed by atoms with Gasteiger partial charge in [-0.15, -0.1) is 0 Å². The number of fused-ring (bicyclic) bond motifs is 1. The van der Waals surface area contributed by atoms with Gasteiger partial charge >= 0.3 is 0 Å². The van der Waals surface area contributed by atoms with E-state index in [2.05, 4.69) is 14.9 Å². The summed E-state index contributed by atoms with van der Waals surface area (Å²) in [6, 6.07) is 7.81. The van der Waals surface area contributed by atoms with E-state index in [0.29, 0.717) is 6.54 Å². The number of piperidine rings is 1. The molecule has 7 heteroatoms. The van der Waals surface area contributed by atoms with Crippen LogP contribution in [-0.2, 0) is 4.79 Å². The number of anilines is 1. The highest BCUT2D eigenvalue weighted by Gasteiger charge is 2.39. The summed E-state index contributed by atoms with van der Waals surface area (Å²) in [4.78, 5) is 24.1. The van der Waals surface area contributed by atoms with Crippen LogP contribution in [0.1, 0.15) is 19.3 Å². The number of hydrogen-bond acceptors (Lipinski definition) is 3. The molecule has 5 nitrogen and oxygen atoms in total. The first-order valence-corrected chi connectivity index (χ1v) is 8.38. The normalized spacial score (nSPS) is 23.8. The van der Waals surface area contributed by atoms with Gasteiger partial charge in [-0.05, 0) is 18.6 Å². The zero-order valence-corrected chi connectivity index (χ0v) is 13.3. The lowest BCUT2D eigenvalue weighted by atomic mass is 10.0. The molecule has 1 aromatic carbocycles. The van der Waals surface area contributed by atoms with Gasteiger partial charge in [0.1, 0.15) is 0 Å². The summed E-state index contributed by atoms with van der Waals surface area (Å²) < 4.78 is 26.5. The molecule has 1 aromatic heterocycles. The van der Waals surface area contributed by atoms with Crippen molar-refractivity contribution in [2.24, 2.45) is 5.92 Å². The van der Waals surface area contributed by atoms with Crippen LogP contribution in [0.2, 0.25) is 0 Å². The van der Waals surface area contributed by atoms with Crippen LogP contribution in [0.3, 0.4) is 0 Å². The van der Waals surface area contributed by atoms with Gasteiger partial charge in [0.2, 0.25) is 11.9 Å². The lowest BCUT2D eigenvalue weighted by molar-refractivity contribution is -0.140. The fourth-order valence-corrected chi connectivity index (χ4v) is 3.56. The van der Waals surface area contributed by atoms with E-state index >= 15 is 0 Å². The monoisotopic (exact) mass is 334 g/mol. The maximum atomic E-state index is 13.2. The molecule has 2 aliphatic rings. The van der Waals surface area contributed by atoms with Crippen molar-refractivity contribution in [1.29, 1.82) is 0 Å². The number of halogens is 2. The minimum atomic E-state index is -2.62. The molecule has 2 aromatic rings. The summed E-state index contributed by atoms with van der Waals surface area (Å²) in [5.41, 5.74) is 1.88. The van der Waals surface area contributed by atoms with E-state index in [-0.39, 0.29) is 37.8 Å². The Morgan fingerprint density at radius 1 is 1.21 bits per heavy atom. The predicted octanol–water partition coefficient (Wildman–Crippen LogP) is 2.65. The number of para-hydroxylation sites is 2. The van der Waals surface area contributed by atoms with Gasteiger partial charge in [0, 0.05) is 39.0 Å². The van der Waals surface area contributed by atoms with E-state index in [1.807, 2.05) is 24.3 Å². The lowest BCUT2D eigenvalue weighted by Crippen LogP contribution is -2.45. The number of hydrogen-bond donors (Lipinski definition) is 1. The summed E-state index contributed by atoms with van der Waals surface area (Å²) >= 11 is 0. The standard InChI is InChI=1S/C17H20F2N4O/c18-17(19)6-9-22(10-7-17)15(24)12-5-8-23(11-12)16-20-13-3-1-2-4-14(13)21-16/h1-4,12H,5-11H2,(H,20,21). The molecular formula is C17H20F2N4O.